The maximum atomic E-state index is 10.7. The molecule has 0 aliphatic rings. The zero-order valence-electron chi connectivity index (χ0n) is 10.6. The van der Waals surface area contributed by atoms with Crippen molar-refractivity contribution in [2.45, 2.75) is 20.4 Å². The third-order valence-corrected chi connectivity index (χ3v) is 2.77. The fourth-order valence-corrected chi connectivity index (χ4v) is 1.95. The number of benzene rings is 1. The topological polar surface area (TPSA) is 44.1 Å². The molecule has 1 heterocycles. The van der Waals surface area contributed by atoms with Crippen molar-refractivity contribution in [3.05, 3.63) is 47.5 Å². The van der Waals surface area contributed by atoms with Crippen molar-refractivity contribution in [3.8, 4) is 5.75 Å². The van der Waals surface area contributed by atoms with E-state index < -0.39 is 0 Å². The lowest BCUT2D eigenvalue weighted by atomic mass is 10.1. The lowest BCUT2D eigenvalue weighted by Crippen LogP contribution is -2.08. The van der Waals surface area contributed by atoms with Gasteiger partial charge in [-0.2, -0.15) is 0 Å². The molecule has 2 rings (SSSR count). The Morgan fingerprint density at radius 3 is 2.61 bits per heavy atom. The molecule has 0 bridgehead atoms. The summed E-state index contributed by atoms with van der Waals surface area (Å²) in [5, 5.41) is 0. The highest BCUT2D eigenvalue weighted by atomic mass is 16.5. The maximum absolute atomic E-state index is 10.7. The Labute approximate surface area is 106 Å². The van der Waals surface area contributed by atoms with Crippen LogP contribution in [0.3, 0.4) is 0 Å². The van der Waals surface area contributed by atoms with Gasteiger partial charge in [-0.3, -0.25) is 4.79 Å². The minimum atomic E-state index is 0.582. The molecule has 0 fully saturated rings. The van der Waals surface area contributed by atoms with E-state index in [0.29, 0.717) is 12.2 Å². The van der Waals surface area contributed by atoms with Crippen LogP contribution >= 0.6 is 0 Å². The molecule has 0 spiro atoms. The van der Waals surface area contributed by atoms with Gasteiger partial charge in [0, 0.05) is 18.0 Å². The first kappa shape index (κ1) is 12.4. The van der Waals surface area contributed by atoms with Gasteiger partial charge in [0.1, 0.15) is 18.6 Å². The van der Waals surface area contributed by atoms with Gasteiger partial charge in [0.25, 0.3) is 0 Å². The number of imidazole rings is 1. The Kier molecular flexibility index (Phi) is 3.77. The van der Waals surface area contributed by atoms with E-state index in [4.69, 9.17) is 4.74 Å². The quantitative estimate of drug-likeness (QED) is 0.758. The van der Waals surface area contributed by atoms with Crippen LogP contribution in [0, 0.1) is 13.8 Å². The highest BCUT2D eigenvalue weighted by Crippen LogP contribution is 2.24. The van der Waals surface area contributed by atoms with E-state index in [2.05, 4.69) is 4.98 Å². The van der Waals surface area contributed by atoms with Gasteiger partial charge < -0.3 is 9.30 Å². The molecule has 0 N–H and O–H groups in total. The first-order chi connectivity index (χ1) is 8.70. The average molecular weight is 244 g/mol. The largest absolute Gasteiger partial charge is 0.491 e. The van der Waals surface area contributed by atoms with Crippen LogP contribution < -0.4 is 4.74 Å². The Bertz CT molecular complexity index is 510. The molecule has 0 saturated heterocycles. The molecule has 2 aromatic rings. The van der Waals surface area contributed by atoms with Gasteiger partial charge in [0.2, 0.25) is 0 Å². The second-order valence-corrected chi connectivity index (χ2v) is 4.25. The number of hydrogen-bond acceptors (Lipinski definition) is 3. The molecule has 4 nitrogen and oxygen atoms in total. The normalized spacial score (nSPS) is 10.3. The van der Waals surface area contributed by atoms with Gasteiger partial charge in [-0.05, 0) is 37.1 Å². The first-order valence-electron chi connectivity index (χ1n) is 5.85. The summed E-state index contributed by atoms with van der Waals surface area (Å²) < 4.78 is 7.74. The Hall–Kier alpha value is -2.10. The van der Waals surface area contributed by atoms with E-state index in [1.807, 2.05) is 36.7 Å². The van der Waals surface area contributed by atoms with Crippen LogP contribution in [0.4, 0.5) is 0 Å². The monoisotopic (exact) mass is 244 g/mol. The highest BCUT2D eigenvalue weighted by molar-refractivity contribution is 5.76. The van der Waals surface area contributed by atoms with E-state index in [-0.39, 0.29) is 0 Å². The molecular formula is C14H16N2O2. The molecule has 0 aliphatic heterocycles. The van der Waals surface area contributed by atoms with Gasteiger partial charge in [-0.25, -0.2) is 4.98 Å². The summed E-state index contributed by atoms with van der Waals surface area (Å²) in [7, 11) is 0. The van der Waals surface area contributed by atoms with Gasteiger partial charge in [0.05, 0.1) is 12.9 Å². The highest BCUT2D eigenvalue weighted by Gasteiger charge is 2.06. The first-order valence-corrected chi connectivity index (χ1v) is 5.85. The smallest absolute Gasteiger partial charge is 0.150 e. The molecule has 0 atom stereocenters. The summed E-state index contributed by atoms with van der Waals surface area (Å²) >= 11 is 0. The summed E-state index contributed by atoms with van der Waals surface area (Å²) in [6.45, 7) is 5.24. The minimum Gasteiger partial charge on any atom is -0.491 e. The summed E-state index contributed by atoms with van der Waals surface area (Å²) in [6, 6.07) is 3.68. The number of rotatable bonds is 5. The van der Waals surface area contributed by atoms with E-state index in [1.54, 1.807) is 12.5 Å². The zero-order chi connectivity index (χ0) is 13.0. The van der Waals surface area contributed by atoms with E-state index >= 15 is 0 Å². The number of carbonyl (C=O) groups excluding carboxylic acids is 1. The summed E-state index contributed by atoms with van der Waals surface area (Å²) in [5.41, 5.74) is 2.66. The van der Waals surface area contributed by atoms with E-state index in [9.17, 15) is 4.79 Å². The van der Waals surface area contributed by atoms with E-state index in [0.717, 1.165) is 29.7 Å². The van der Waals surface area contributed by atoms with Crippen molar-refractivity contribution >= 4 is 6.29 Å². The Morgan fingerprint density at radius 1 is 1.33 bits per heavy atom. The van der Waals surface area contributed by atoms with Crippen molar-refractivity contribution < 1.29 is 9.53 Å². The number of hydrogen-bond donors (Lipinski definition) is 0. The molecule has 94 valence electrons. The van der Waals surface area contributed by atoms with E-state index in [1.165, 1.54) is 0 Å². The third kappa shape index (κ3) is 2.77. The standard InChI is InChI=1S/C14H16N2O2/c1-11-7-13(9-17)8-12(2)14(11)18-6-5-16-4-3-15-10-16/h3-4,7-10H,5-6H2,1-2H3. The molecule has 0 amide bonds. The molecule has 0 radical (unpaired) electrons. The molecule has 0 aliphatic carbocycles. The third-order valence-electron chi connectivity index (χ3n) is 2.77. The van der Waals surface area contributed by atoms with Crippen LogP contribution in [-0.4, -0.2) is 22.4 Å². The molecule has 0 unspecified atom stereocenters. The number of aldehydes is 1. The average Bonchev–Trinajstić information content (AvgIpc) is 2.85. The molecule has 0 saturated carbocycles. The van der Waals surface area contributed by atoms with Gasteiger partial charge >= 0.3 is 0 Å². The molecule has 4 heteroatoms. The van der Waals surface area contributed by atoms with Crippen molar-refractivity contribution in [3.63, 3.8) is 0 Å². The molecular weight excluding hydrogens is 228 g/mol. The molecule has 18 heavy (non-hydrogen) atoms. The van der Waals surface area contributed by atoms with Crippen molar-refractivity contribution in [1.29, 1.82) is 0 Å². The number of aromatic nitrogens is 2. The maximum Gasteiger partial charge on any atom is 0.150 e. The van der Waals surface area contributed by atoms with Crippen LogP contribution in [0.5, 0.6) is 5.75 Å². The zero-order valence-corrected chi connectivity index (χ0v) is 10.6. The number of aryl methyl sites for hydroxylation is 2. The van der Waals surface area contributed by atoms with Crippen LogP contribution in [0.2, 0.25) is 0 Å². The van der Waals surface area contributed by atoms with Gasteiger partial charge in [0.15, 0.2) is 0 Å². The SMILES string of the molecule is Cc1cc(C=O)cc(C)c1OCCn1ccnc1. The summed E-state index contributed by atoms with van der Waals surface area (Å²) in [4.78, 5) is 14.7. The molecule has 1 aromatic heterocycles. The van der Waals surface area contributed by atoms with Crippen LogP contribution in [0.15, 0.2) is 30.9 Å². The van der Waals surface area contributed by atoms with Crippen LogP contribution in [0.1, 0.15) is 21.5 Å². The number of carbonyl (C=O) groups is 1. The van der Waals surface area contributed by atoms with Crippen LogP contribution in [0.25, 0.3) is 0 Å². The predicted octanol–water partition coefficient (Wildman–Crippen LogP) is 2.39. The lowest BCUT2D eigenvalue weighted by molar-refractivity contribution is 0.112. The van der Waals surface area contributed by atoms with Crippen molar-refractivity contribution in [1.82, 2.24) is 9.55 Å². The summed E-state index contributed by atoms with van der Waals surface area (Å²) in [6.07, 6.45) is 6.27. The second-order valence-electron chi connectivity index (χ2n) is 4.25. The van der Waals surface area contributed by atoms with Crippen molar-refractivity contribution in [2.24, 2.45) is 0 Å². The lowest BCUT2D eigenvalue weighted by Gasteiger charge is -2.13. The molecule has 1 aromatic carbocycles. The van der Waals surface area contributed by atoms with Crippen molar-refractivity contribution in [2.75, 3.05) is 6.61 Å². The fourth-order valence-electron chi connectivity index (χ4n) is 1.95. The Morgan fingerprint density at radius 2 is 2.06 bits per heavy atom. The predicted molar refractivity (Wildman–Crippen MR) is 69.0 cm³/mol. The van der Waals surface area contributed by atoms with Gasteiger partial charge in [-0.15, -0.1) is 0 Å². The summed E-state index contributed by atoms with van der Waals surface area (Å²) in [5.74, 6) is 0.862. The Balaban J connectivity index is 2.03. The number of ether oxygens (including phenoxy) is 1. The van der Waals surface area contributed by atoms with Crippen LogP contribution in [-0.2, 0) is 6.54 Å². The second kappa shape index (κ2) is 5.49. The van der Waals surface area contributed by atoms with Gasteiger partial charge in [-0.1, -0.05) is 0 Å². The minimum absolute atomic E-state index is 0.582. The fraction of sp³-hybridized carbons (Fsp3) is 0.286. The number of nitrogens with zero attached hydrogens (tertiary/aromatic N) is 2.